The SMILES string of the molecule is CCOCCCC(CCl)c1cccc(F)c1. The van der Waals surface area contributed by atoms with E-state index < -0.39 is 0 Å². The van der Waals surface area contributed by atoms with E-state index in [0.717, 1.165) is 31.6 Å². The molecular formula is C13H18ClFO. The maximum atomic E-state index is 13.0. The predicted molar refractivity (Wildman–Crippen MR) is 65.6 cm³/mol. The third-order valence-electron chi connectivity index (χ3n) is 2.55. The van der Waals surface area contributed by atoms with Crippen molar-refractivity contribution in [1.82, 2.24) is 0 Å². The minimum atomic E-state index is -0.197. The van der Waals surface area contributed by atoms with Crippen LogP contribution in [0.4, 0.5) is 4.39 Å². The summed E-state index contributed by atoms with van der Waals surface area (Å²) < 4.78 is 18.3. The van der Waals surface area contributed by atoms with Crippen molar-refractivity contribution in [2.45, 2.75) is 25.7 Å². The van der Waals surface area contributed by atoms with E-state index in [4.69, 9.17) is 16.3 Å². The van der Waals surface area contributed by atoms with Gasteiger partial charge in [-0.05, 0) is 43.4 Å². The lowest BCUT2D eigenvalue weighted by Crippen LogP contribution is -2.03. The Hall–Kier alpha value is -0.600. The van der Waals surface area contributed by atoms with Crippen LogP contribution in [0.2, 0.25) is 0 Å². The predicted octanol–water partition coefficient (Wildman–Crippen LogP) is 3.96. The van der Waals surface area contributed by atoms with Crippen LogP contribution in [0.15, 0.2) is 24.3 Å². The fourth-order valence-electron chi connectivity index (χ4n) is 1.67. The fourth-order valence-corrected chi connectivity index (χ4v) is 2.00. The summed E-state index contributed by atoms with van der Waals surface area (Å²) in [5.41, 5.74) is 0.978. The van der Waals surface area contributed by atoms with Crippen molar-refractivity contribution in [3.63, 3.8) is 0 Å². The topological polar surface area (TPSA) is 9.23 Å². The smallest absolute Gasteiger partial charge is 0.123 e. The van der Waals surface area contributed by atoms with Crippen LogP contribution >= 0.6 is 11.6 Å². The Kier molecular flexibility index (Phi) is 6.43. The maximum absolute atomic E-state index is 13.0. The second-order valence-electron chi connectivity index (χ2n) is 3.75. The van der Waals surface area contributed by atoms with E-state index in [1.165, 1.54) is 6.07 Å². The average Bonchev–Trinajstić information content (AvgIpc) is 2.29. The van der Waals surface area contributed by atoms with Crippen LogP contribution in [0.1, 0.15) is 31.2 Å². The molecule has 0 aliphatic carbocycles. The highest BCUT2D eigenvalue weighted by atomic mass is 35.5. The van der Waals surface area contributed by atoms with Crippen molar-refractivity contribution < 1.29 is 9.13 Å². The molecule has 3 heteroatoms. The molecule has 0 amide bonds. The van der Waals surface area contributed by atoms with Gasteiger partial charge >= 0.3 is 0 Å². The van der Waals surface area contributed by atoms with Gasteiger partial charge in [0.2, 0.25) is 0 Å². The Labute approximate surface area is 102 Å². The van der Waals surface area contributed by atoms with Crippen LogP contribution in [0.25, 0.3) is 0 Å². The van der Waals surface area contributed by atoms with Gasteiger partial charge < -0.3 is 4.74 Å². The summed E-state index contributed by atoms with van der Waals surface area (Å²) in [7, 11) is 0. The Morgan fingerprint density at radius 1 is 1.44 bits per heavy atom. The van der Waals surface area contributed by atoms with Gasteiger partial charge in [-0.2, -0.15) is 0 Å². The largest absolute Gasteiger partial charge is 0.382 e. The Morgan fingerprint density at radius 2 is 2.25 bits per heavy atom. The van der Waals surface area contributed by atoms with E-state index in [1.807, 2.05) is 13.0 Å². The molecule has 0 aliphatic rings. The first kappa shape index (κ1) is 13.5. The van der Waals surface area contributed by atoms with Gasteiger partial charge in [0.25, 0.3) is 0 Å². The fraction of sp³-hybridized carbons (Fsp3) is 0.538. The number of rotatable bonds is 7. The van der Waals surface area contributed by atoms with Crippen molar-refractivity contribution >= 4 is 11.6 Å². The van der Waals surface area contributed by atoms with Gasteiger partial charge in [-0.25, -0.2) is 4.39 Å². The van der Waals surface area contributed by atoms with E-state index in [9.17, 15) is 4.39 Å². The number of halogens is 2. The summed E-state index contributed by atoms with van der Waals surface area (Å²) in [6.07, 6.45) is 1.90. The molecule has 0 bridgehead atoms. The minimum Gasteiger partial charge on any atom is -0.382 e. The molecule has 0 saturated heterocycles. The molecule has 0 N–H and O–H groups in total. The summed E-state index contributed by atoms with van der Waals surface area (Å²) in [5, 5.41) is 0. The van der Waals surface area contributed by atoms with Crippen LogP contribution in [-0.4, -0.2) is 19.1 Å². The number of ether oxygens (including phenoxy) is 1. The highest BCUT2D eigenvalue weighted by Crippen LogP contribution is 2.23. The lowest BCUT2D eigenvalue weighted by molar-refractivity contribution is 0.142. The van der Waals surface area contributed by atoms with Gasteiger partial charge in [0, 0.05) is 19.1 Å². The Bertz CT molecular complexity index is 304. The molecule has 1 atom stereocenters. The van der Waals surface area contributed by atoms with E-state index in [0.29, 0.717) is 5.88 Å². The normalized spacial score (nSPS) is 12.7. The van der Waals surface area contributed by atoms with Crippen LogP contribution in [0.3, 0.4) is 0 Å². The van der Waals surface area contributed by atoms with Gasteiger partial charge in [0.05, 0.1) is 0 Å². The van der Waals surface area contributed by atoms with Gasteiger partial charge in [0.1, 0.15) is 5.82 Å². The molecule has 0 fully saturated rings. The number of hydrogen-bond acceptors (Lipinski definition) is 1. The average molecular weight is 245 g/mol. The van der Waals surface area contributed by atoms with Crippen molar-refractivity contribution in [2.75, 3.05) is 19.1 Å². The molecule has 0 heterocycles. The molecule has 0 aromatic heterocycles. The third-order valence-corrected chi connectivity index (χ3v) is 2.92. The molecule has 0 saturated carbocycles. The Balaban J connectivity index is 2.47. The van der Waals surface area contributed by atoms with Crippen molar-refractivity contribution in [1.29, 1.82) is 0 Å². The molecule has 0 aliphatic heterocycles. The molecule has 90 valence electrons. The first-order valence-electron chi connectivity index (χ1n) is 5.67. The van der Waals surface area contributed by atoms with Gasteiger partial charge in [-0.1, -0.05) is 12.1 Å². The first-order valence-corrected chi connectivity index (χ1v) is 6.20. The summed E-state index contributed by atoms with van der Waals surface area (Å²) >= 11 is 5.90. The van der Waals surface area contributed by atoms with Crippen molar-refractivity contribution in [3.8, 4) is 0 Å². The molecule has 0 radical (unpaired) electrons. The van der Waals surface area contributed by atoms with Crippen molar-refractivity contribution in [2.24, 2.45) is 0 Å². The minimum absolute atomic E-state index is 0.197. The summed E-state index contributed by atoms with van der Waals surface area (Å²) in [6, 6.07) is 6.67. The van der Waals surface area contributed by atoms with Gasteiger partial charge in [-0.15, -0.1) is 11.6 Å². The van der Waals surface area contributed by atoms with Crippen molar-refractivity contribution in [3.05, 3.63) is 35.6 Å². The highest BCUT2D eigenvalue weighted by molar-refractivity contribution is 6.18. The Morgan fingerprint density at radius 3 is 2.88 bits per heavy atom. The summed E-state index contributed by atoms with van der Waals surface area (Å²) in [4.78, 5) is 0. The third kappa shape index (κ3) is 4.50. The van der Waals surface area contributed by atoms with Gasteiger partial charge in [-0.3, -0.25) is 0 Å². The van der Waals surface area contributed by atoms with E-state index >= 15 is 0 Å². The molecule has 1 aromatic rings. The standard InChI is InChI=1S/C13H18ClFO/c1-2-16-8-4-6-12(10-14)11-5-3-7-13(15)9-11/h3,5,7,9,12H,2,4,6,8,10H2,1H3. The second kappa shape index (κ2) is 7.64. The second-order valence-corrected chi connectivity index (χ2v) is 4.05. The zero-order valence-corrected chi connectivity index (χ0v) is 10.3. The molecule has 1 unspecified atom stereocenters. The van der Waals surface area contributed by atoms with Crippen LogP contribution < -0.4 is 0 Å². The molecular weight excluding hydrogens is 227 g/mol. The molecule has 1 aromatic carbocycles. The summed E-state index contributed by atoms with van der Waals surface area (Å²) in [6.45, 7) is 3.47. The molecule has 0 spiro atoms. The lowest BCUT2D eigenvalue weighted by atomic mass is 9.96. The number of alkyl halides is 1. The number of hydrogen-bond donors (Lipinski definition) is 0. The first-order chi connectivity index (χ1) is 7.77. The summed E-state index contributed by atoms with van der Waals surface area (Å²) in [5.74, 6) is 0.547. The van der Waals surface area contributed by atoms with E-state index in [-0.39, 0.29) is 11.7 Å². The highest BCUT2D eigenvalue weighted by Gasteiger charge is 2.10. The number of benzene rings is 1. The van der Waals surface area contributed by atoms with Gasteiger partial charge in [0.15, 0.2) is 0 Å². The van der Waals surface area contributed by atoms with E-state index in [2.05, 4.69) is 0 Å². The maximum Gasteiger partial charge on any atom is 0.123 e. The van der Waals surface area contributed by atoms with Crippen LogP contribution in [-0.2, 0) is 4.74 Å². The quantitative estimate of drug-likeness (QED) is 0.521. The zero-order valence-electron chi connectivity index (χ0n) is 9.59. The monoisotopic (exact) mass is 244 g/mol. The lowest BCUT2D eigenvalue weighted by Gasteiger charge is -2.14. The molecule has 16 heavy (non-hydrogen) atoms. The molecule has 1 rings (SSSR count). The molecule has 1 nitrogen and oxygen atoms in total. The van der Waals surface area contributed by atoms with E-state index in [1.54, 1.807) is 12.1 Å². The zero-order chi connectivity index (χ0) is 11.8. The van der Waals surface area contributed by atoms with Crippen LogP contribution in [0, 0.1) is 5.82 Å². The van der Waals surface area contributed by atoms with Crippen LogP contribution in [0.5, 0.6) is 0 Å².